The molecular formula is C21H34N6O3Si. The van der Waals surface area contributed by atoms with Gasteiger partial charge in [-0.3, -0.25) is 9.78 Å². The Hall–Kier alpha value is -2.17. The van der Waals surface area contributed by atoms with Gasteiger partial charge in [0.05, 0.1) is 18.3 Å². The fourth-order valence-electron chi connectivity index (χ4n) is 3.43. The third kappa shape index (κ3) is 5.19. The number of aromatic nitrogens is 5. The zero-order valence-electron chi connectivity index (χ0n) is 19.8. The number of carbonyl (C=O) groups is 1. The van der Waals surface area contributed by atoms with Gasteiger partial charge in [0.1, 0.15) is 12.0 Å². The van der Waals surface area contributed by atoms with Gasteiger partial charge >= 0.3 is 0 Å². The lowest BCUT2D eigenvalue weighted by Gasteiger charge is -2.38. The molecule has 3 atom stereocenters. The van der Waals surface area contributed by atoms with Gasteiger partial charge in [0.2, 0.25) is 5.82 Å². The summed E-state index contributed by atoms with van der Waals surface area (Å²) in [6.45, 7) is 17.9. The molecule has 9 nitrogen and oxygen atoms in total. The molecule has 0 saturated carbocycles. The van der Waals surface area contributed by atoms with Gasteiger partial charge in [-0.05, 0) is 38.9 Å². The van der Waals surface area contributed by atoms with E-state index in [1.54, 1.807) is 17.3 Å². The molecule has 1 fully saturated rings. The molecule has 3 rings (SSSR count). The summed E-state index contributed by atoms with van der Waals surface area (Å²) >= 11 is 0. The normalized spacial score (nSPS) is 21.2. The van der Waals surface area contributed by atoms with E-state index in [1.807, 2.05) is 20.8 Å². The average Bonchev–Trinajstić information content (AvgIpc) is 3.15. The van der Waals surface area contributed by atoms with Gasteiger partial charge < -0.3 is 14.1 Å². The zero-order chi connectivity index (χ0) is 23.0. The van der Waals surface area contributed by atoms with Crippen LogP contribution in [0.25, 0.3) is 5.82 Å². The number of carbonyl (C=O) groups excluding carboxylic acids is 1. The van der Waals surface area contributed by atoms with Crippen LogP contribution in [0.1, 0.15) is 64.0 Å². The third-order valence-electron chi connectivity index (χ3n) is 5.98. The van der Waals surface area contributed by atoms with Crippen molar-refractivity contribution >= 4 is 14.2 Å². The Morgan fingerprint density at radius 1 is 1.16 bits per heavy atom. The molecular weight excluding hydrogens is 412 g/mol. The summed E-state index contributed by atoms with van der Waals surface area (Å²) in [4.78, 5) is 27.9. The van der Waals surface area contributed by atoms with Crippen LogP contribution in [-0.2, 0) is 9.16 Å². The highest BCUT2D eigenvalue weighted by Crippen LogP contribution is 2.39. The Balaban J connectivity index is 1.84. The van der Waals surface area contributed by atoms with Crippen molar-refractivity contribution in [2.75, 3.05) is 13.1 Å². The lowest BCUT2D eigenvalue weighted by Crippen LogP contribution is -2.48. The second-order valence-corrected chi connectivity index (χ2v) is 14.5. The van der Waals surface area contributed by atoms with Crippen molar-refractivity contribution in [1.82, 2.24) is 29.6 Å². The van der Waals surface area contributed by atoms with Crippen molar-refractivity contribution in [2.45, 2.75) is 78.0 Å². The molecule has 10 heteroatoms. The predicted octanol–water partition coefficient (Wildman–Crippen LogP) is 3.39. The molecule has 2 aromatic heterocycles. The van der Waals surface area contributed by atoms with Crippen molar-refractivity contribution in [3.05, 3.63) is 30.2 Å². The summed E-state index contributed by atoms with van der Waals surface area (Å²) in [5.74, 6) is 0.441. The van der Waals surface area contributed by atoms with Gasteiger partial charge in [-0.2, -0.15) is 4.68 Å². The lowest BCUT2D eigenvalue weighted by atomic mass is 10.2. The van der Waals surface area contributed by atoms with Gasteiger partial charge in [-0.15, -0.1) is 5.10 Å². The van der Waals surface area contributed by atoms with E-state index in [4.69, 9.17) is 9.16 Å². The molecule has 1 aliphatic heterocycles. The van der Waals surface area contributed by atoms with Gasteiger partial charge in [-0.25, -0.2) is 9.97 Å². The van der Waals surface area contributed by atoms with Crippen molar-refractivity contribution in [1.29, 1.82) is 0 Å². The predicted molar refractivity (Wildman–Crippen MR) is 120 cm³/mol. The Bertz CT molecular complexity index is 916. The molecule has 0 spiro atoms. The molecule has 0 radical (unpaired) electrons. The van der Waals surface area contributed by atoms with E-state index in [0.717, 1.165) is 0 Å². The smallest absolute Gasteiger partial charge is 0.293 e. The van der Waals surface area contributed by atoms with Crippen LogP contribution in [0.2, 0.25) is 18.1 Å². The summed E-state index contributed by atoms with van der Waals surface area (Å²) in [6, 6.07) is 0. The van der Waals surface area contributed by atoms with E-state index in [9.17, 15) is 4.79 Å². The molecule has 1 unspecified atom stereocenters. The molecule has 0 aromatic carbocycles. The van der Waals surface area contributed by atoms with Crippen LogP contribution in [0.5, 0.6) is 0 Å². The van der Waals surface area contributed by atoms with E-state index in [1.165, 1.54) is 11.0 Å². The molecule has 3 heterocycles. The highest BCUT2D eigenvalue weighted by molar-refractivity contribution is 6.74. The maximum absolute atomic E-state index is 12.9. The topological polar surface area (TPSA) is 95.3 Å². The Labute approximate surface area is 185 Å². The maximum Gasteiger partial charge on any atom is 0.293 e. The van der Waals surface area contributed by atoms with E-state index < -0.39 is 8.32 Å². The minimum atomic E-state index is -2.01. The van der Waals surface area contributed by atoms with Crippen LogP contribution < -0.4 is 0 Å². The number of hydrogen-bond donors (Lipinski definition) is 0. The quantitative estimate of drug-likeness (QED) is 0.650. The minimum Gasteiger partial charge on any atom is -0.408 e. The summed E-state index contributed by atoms with van der Waals surface area (Å²) in [5, 5.41) is 4.49. The molecule has 1 amide bonds. The standard InChI is InChI=1S/C21H34N6O3Si/c1-14-11-26(12-15(2)29-14)20(28)18-24-13-27(25-18)19-17(22-9-10-23-19)16(3)30-31(7,8)21(4,5)6/h9-10,13-16H,11-12H2,1-8H3/t14-,15+,16?. The highest BCUT2D eigenvalue weighted by atomic mass is 28.4. The van der Waals surface area contributed by atoms with Gasteiger partial charge in [-0.1, -0.05) is 20.8 Å². The fourth-order valence-corrected chi connectivity index (χ4v) is 4.78. The second kappa shape index (κ2) is 8.76. The first-order chi connectivity index (χ1) is 14.4. The first-order valence-electron chi connectivity index (χ1n) is 10.7. The van der Waals surface area contributed by atoms with Gasteiger partial charge in [0.25, 0.3) is 5.91 Å². The van der Waals surface area contributed by atoms with Crippen LogP contribution in [0.4, 0.5) is 0 Å². The largest absolute Gasteiger partial charge is 0.408 e. The summed E-state index contributed by atoms with van der Waals surface area (Å²) in [6.07, 6.45) is 4.45. The molecule has 170 valence electrons. The van der Waals surface area contributed by atoms with Gasteiger partial charge in [0.15, 0.2) is 14.1 Å². The number of morpholine rings is 1. The van der Waals surface area contributed by atoms with E-state index >= 15 is 0 Å². The number of rotatable bonds is 5. The van der Waals surface area contributed by atoms with E-state index in [-0.39, 0.29) is 35.1 Å². The maximum atomic E-state index is 12.9. The molecule has 0 bridgehead atoms. The highest BCUT2D eigenvalue weighted by Gasteiger charge is 2.39. The minimum absolute atomic E-state index is 0.0188. The first kappa shape index (κ1) is 23.5. The fraction of sp³-hybridized carbons (Fsp3) is 0.667. The van der Waals surface area contributed by atoms with Crippen molar-refractivity contribution in [2.24, 2.45) is 0 Å². The summed E-state index contributed by atoms with van der Waals surface area (Å²) < 4.78 is 13.7. The van der Waals surface area contributed by atoms with Gasteiger partial charge in [0, 0.05) is 25.5 Å². The van der Waals surface area contributed by atoms with Crippen LogP contribution in [0.3, 0.4) is 0 Å². The number of hydrogen-bond acceptors (Lipinski definition) is 7. The Kier molecular flexibility index (Phi) is 6.63. The number of ether oxygens (including phenoxy) is 1. The van der Waals surface area contributed by atoms with Crippen LogP contribution in [0.15, 0.2) is 18.7 Å². The Morgan fingerprint density at radius 2 is 1.77 bits per heavy atom. The van der Waals surface area contributed by atoms with Crippen molar-refractivity contribution in [3.8, 4) is 5.82 Å². The number of amides is 1. The average molecular weight is 447 g/mol. The molecule has 0 aliphatic carbocycles. The van der Waals surface area contributed by atoms with Crippen LogP contribution in [-0.4, -0.2) is 69.2 Å². The SMILES string of the molecule is CC(O[Si](C)(C)C(C)(C)C)c1nccnc1-n1cnc(C(=O)N2C[C@@H](C)O[C@@H](C)C2)n1. The van der Waals surface area contributed by atoms with E-state index in [0.29, 0.717) is 24.6 Å². The molecule has 1 aliphatic rings. The molecule has 31 heavy (non-hydrogen) atoms. The van der Waals surface area contributed by atoms with Crippen molar-refractivity contribution in [3.63, 3.8) is 0 Å². The molecule has 1 saturated heterocycles. The lowest BCUT2D eigenvalue weighted by molar-refractivity contribution is -0.0588. The third-order valence-corrected chi connectivity index (χ3v) is 10.5. The van der Waals surface area contributed by atoms with Crippen LogP contribution in [0, 0.1) is 0 Å². The monoisotopic (exact) mass is 446 g/mol. The molecule has 2 aromatic rings. The van der Waals surface area contributed by atoms with E-state index in [2.05, 4.69) is 53.9 Å². The first-order valence-corrected chi connectivity index (χ1v) is 13.7. The Morgan fingerprint density at radius 3 is 2.39 bits per heavy atom. The van der Waals surface area contributed by atoms with Crippen LogP contribution >= 0.6 is 0 Å². The number of nitrogens with zero attached hydrogens (tertiary/aromatic N) is 6. The second-order valence-electron chi connectivity index (χ2n) is 9.77. The zero-order valence-corrected chi connectivity index (χ0v) is 20.8. The summed E-state index contributed by atoms with van der Waals surface area (Å²) in [5.41, 5.74) is 0.671. The van der Waals surface area contributed by atoms with Crippen molar-refractivity contribution < 1.29 is 14.0 Å². The molecule has 0 N–H and O–H groups in total. The summed E-state index contributed by atoms with van der Waals surface area (Å²) in [7, 11) is -2.01.